The van der Waals surface area contributed by atoms with Crippen LogP contribution in [0.4, 0.5) is 13.2 Å². The smallest absolute Gasteiger partial charge is 0.416 e. The van der Waals surface area contributed by atoms with Crippen molar-refractivity contribution in [2.45, 2.75) is 19.5 Å². The van der Waals surface area contributed by atoms with Gasteiger partial charge in [-0.1, -0.05) is 0 Å². The number of rotatable bonds is 7. The fraction of sp³-hybridized carbons (Fsp3) is 0.611. The quantitative estimate of drug-likeness (QED) is 0.268. The van der Waals surface area contributed by atoms with E-state index in [1.54, 1.807) is 0 Å². The van der Waals surface area contributed by atoms with Gasteiger partial charge in [-0.05, 0) is 37.6 Å². The summed E-state index contributed by atoms with van der Waals surface area (Å²) in [5, 5.41) is 3.23. The summed E-state index contributed by atoms with van der Waals surface area (Å²) in [4.78, 5) is 6.58. The summed E-state index contributed by atoms with van der Waals surface area (Å²) >= 11 is 0. The third-order valence-electron chi connectivity index (χ3n) is 4.06. The minimum Gasteiger partial charge on any atom is -0.492 e. The van der Waals surface area contributed by atoms with Gasteiger partial charge in [0.15, 0.2) is 5.96 Å². The van der Waals surface area contributed by atoms with Crippen LogP contribution in [0, 0.1) is 5.92 Å². The molecule has 1 atom stereocenters. The lowest BCUT2D eigenvalue weighted by Gasteiger charge is -2.24. The molecule has 1 unspecified atom stereocenters. The molecule has 154 valence electrons. The molecule has 0 amide bonds. The zero-order chi connectivity index (χ0) is 19.0. The van der Waals surface area contributed by atoms with Crippen LogP contribution in [0.3, 0.4) is 0 Å². The molecular weight excluding hydrogens is 474 g/mol. The summed E-state index contributed by atoms with van der Waals surface area (Å²) in [7, 11) is 1.98. The van der Waals surface area contributed by atoms with Gasteiger partial charge >= 0.3 is 6.18 Å². The number of ether oxygens (including phenoxy) is 2. The summed E-state index contributed by atoms with van der Waals surface area (Å²) in [6.45, 7) is 5.92. The molecule has 2 rings (SSSR count). The Morgan fingerprint density at radius 3 is 2.59 bits per heavy atom. The number of aliphatic imine (C=N–C) groups is 1. The van der Waals surface area contributed by atoms with Gasteiger partial charge in [0.25, 0.3) is 0 Å². The van der Waals surface area contributed by atoms with E-state index in [9.17, 15) is 13.2 Å². The maximum absolute atomic E-state index is 12.5. The fourth-order valence-electron chi connectivity index (χ4n) is 2.73. The van der Waals surface area contributed by atoms with E-state index < -0.39 is 11.7 Å². The second-order valence-electron chi connectivity index (χ2n) is 6.22. The Hall–Kier alpha value is -1.23. The van der Waals surface area contributed by atoms with E-state index in [0.717, 1.165) is 50.8 Å². The molecule has 27 heavy (non-hydrogen) atoms. The number of hydrogen-bond acceptors (Lipinski definition) is 3. The van der Waals surface area contributed by atoms with Gasteiger partial charge in [0.2, 0.25) is 0 Å². The standard InChI is InChI=1S/C18H26F3N3O2.HI/c1-3-22-17(24(2)12-14-8-10-25-13-14)23-9-11-26-16-6-4-15(5-7-16)18(19,20)21;/h4-7,14H,3,8-13H2,1-2H3,(H,22,23);1H. The maximum atomic E-state index is 12.5. The second-order valence-corrected chi connectivity index (χ2v) is 6.22. The number of hydrogen-bond donors (Lipinski definition) is 1. The molecule has 1 fully saturated rings. The number of alkyl halides is 3. The second kappa shape index (κ2) is 11.6. The molecule has 0 spiro atoms. The molecule has 1 aliphatic heterocycles. The van der Waals surface area contributed by atoms with Crippen molar-refractivity contribution in [3.8, 4) is 5.75 Å². The first kappa shape index (κ1) is 23.8. The highest BCUT2D eigenvalue weighted by molar-refractivity contribution is 14.0. The fourth-order valence-corrected chi connectivity index (χ4v) is 2.73. The number of benzene rings is 1. The first-order chi connectivity index (χ1) is 12.4. The lowest BCUT2D eigenvalue weighted by Crippen LogP contribution is -2.41. The molecule has 5 nitrogen and oxygen atoms in total. The van der Waals surface area contributed by atoms with E-state index in [-0.39, 0.29) is 24.0 Å². The average molecular weight is 501 g/mol. The molecule has 1 heterocycles. The summed E-state index contributed by atoms with van der Waals surface area (Å²) in [6.07, 6.45) is -3.28. The SMILES string of the molecule is CCNC(=NCCOc1ccc(C(F)(F)F)cc1)N(C)CC1CCOC1.I. The zero-order valence-electron chi connectivity index (χ0n) is 15.6. The molecule has 0 saturated carbocycles. The predicted molar refractivity (Wildman–Crippen MR) is 110 cm³/mol. The molecule has 0 aromatic heterocycles. The largest absolute Gasteiger partial charge is 0.492 e. The summed E-state index contributed by atoms with van der Waals surface area (Å²) in [6, 6.07) is 4.67. The molecule has 1 aromatic rings. The van der Waals surface area contributed by atoms with Gasteiger partial charge in [-0.3, -0.25) is 0 Å². The number of nitrogens with one attached hydrogen (secondary N) is 1. The minimum absolute atomic E-state index is 0. The van der Waals surface area contributed by atoms with Crippen LogP contribution in [0.1, 0.15) is 18.9 Å². The molecule has 0 bridgehead atoms. The highest BCUT2D eigenvalue weighted by Gasteiger charge is 2.30. The molecule has 9 heteroatoms. The lowest BCUT2D eigenvalue weighted by molar-refractivity contribution is -0.137. The Bertz CT molecular complexity index is 576. The van der Waals surface area contributed by atoms with Crippen molar-refractivity contribution in [2.24, 2.45) is 10.9 Å². The molecule has 0 aliphatic carbocycles. The molecule has 0 radical (unpaired) electrons. The Labute approximate surface area is 175 Å². The van der Waals surface area contributed by atoms with Crippen molar-refractivity contribution in [1.29, 1.82) is 0 Å². The lowest BCUT2D eigenvalue weighted by atomic mass is 10.1. The van der Waals surface area contributed by atoms with Crippen molar-refractivity contribution in [3.05, 3.63) is 29.8 Å². The van der Waals surface area contributed by atoms with E-state index in [2.05, 4.69) is 15.2 Å². The predicted octanol–water partition coefficient (Wildman–Crippen LogP) is 3.64. The van der Waals surface area contributed by atoms with Gasteiger partial charge in [-0.25, -0.2) is 4.99 Å². The third-order valence-corrected chi connectivity index (χ3v) is 4.06. The average Bonchev–Trinajstić information content (AvgIpc) is 3.10. The zero-order valence-corrected chi connectivity index (χ0v) is 17.9. The van der Waals surface area contributed by atoms with Crippen LogP contribution < -0.4 is 10.1 Å². The van der Waals surface area contributed by atoms with E-state index >= 15 is 0 Å². The highest BCUT2D eigenvalue weighted by Crippen LogP contribution is 2.30. The van der Waals surface area contributed by atoms with Crippen molar-refractivity contribution in [1.82, 2.24) is 10.2 Å². The van der Waals surface area contributed by atoms with Gasteiger partial charge in [0.1, 0.15) is 12.4 Å². The topological polar surface area (TPSA) is 46.1 Å². The monoisotopic (exact) mass is 501 g/mol. The first-order valence-electron chi connectivity index (χ1n) is 8.77. The third kappa shape index (κ3) is 8.12. The van der Waals surface area contributed by atoms with E-state index in [1.165, 1.54) is 12.1 Å². The number of halogens is 4. The minimum atomic E-state index is -4.33. The normalized spacial score (nSPS) is 17.4. The van der Waals surface area contributed by atoms with Crippen LogP contribution in [0.2, 0.25) is 0 Å². The van der Waals surface area contributed by atoms with Crippen LogP contribution in [-0.4, -0.2) is 57.4 Å². The number of nitrogens with zero attached hydrogens (tertiary/aromatic N) is 2. The van der Waals surface area contributed by atoms with Crippen molar-refractivity contribution < 1.29 is 22.6 Å². The summed E-state index contributed by atoms with van der Waals surface area (Å²) in [5.74, 6) is 1.69. The maximum Gasteiger partial charge on any atom is 0.416 e. The molecule has 1 aliphatic rings. The summed E-state index contributed by atoms with van der Waals surface area (Å²) < 4.78 is 48.5. The summed E-state index contributed by atoms with van der Waals surface area (Å²) in [5.41, 5.74) is -0.685. The van der Waals surface area contributed by atoms with Gasteiger partial charge in [0.05, 0.1) is 18.7 Å². The Morgan fingerprint density at radius 1 is 1.33 bits per heavy atom. The van der Waals surface area contributed by atoms with Crippen molar-refractivity contribution in [3.63, 3.8) is 0 Å². The molecule has 1 N–H and O–H groups in total. The van der Waals surface area contributed by atoms with Gasteiger partial charge in [-0.2, -0.15) is 13.2 Å². The first-order valence-corrected chi connectivity index (χ1v) is 8.77. The van der Waals surface area contributed by atoms with E-state index in [0.29, 0.717) is 24.8 Å². The van der Waals surface area contributed by atoms with Crippen LogP contribution in [-0.2, 0) is 10.9 Å². The van der Waals surface area contributed by atoms with E-state index in [1.807, 2.05) is 14.0 Å². The number of guanidine groups is 1. The van der Waals surface area contributed by atoms with Crippen molar-refractivity contribution in [2.75, 3.05) is 46.5 Å². The van der Waals surface area contributed by atoms with Gasteiger partial charge in [0, 0.05) is 32.7 Å². The Balaban J connectivity index is 0.00000364. The van der Waals surface area contributed by atoms with Crippen LogP contribution in [0.15, 0.2) is 29.3 Å². The Kier molecular flexibility index (Phi) is 10.2. The molecule has 1 aromatic carbocycles. The Morgan fingerprint density at radius 2 is 2.04 bits per heavy atom. The van der Waals surface area contributed by atoms with E-state index in [4.69, 9.17) is 9.47 Å². The highest BCUT2D eigenvalue weighted by atomic mass is 127. The van der Waals surface area contributed by atoms with Crippen LogP contribution >= 0.6 is 24.0 Å². The van der Waals surface area contributed by atoms with Crippen LogP contribution in [0.25, 0.3) is 0 Å². The van der Waals surface area contributed by atoms with Crippen molar-refractivity contribution >= 4 is 29.9 Å². The molecular formula is C18H27F3IN3O2. The van der Waals surface area contributed by atoms with Crippen LogP contribution in [0.5, 0.6) is 5.75 Å². The molecule has 1 saturated heterocycles. The van der Waals surface area contributed by atoms with Gasteiger partial charge in [-0.15, -0.1) is 24.0 Å². The van der Waals surface area contributed by atoms with Gasteiger partial charge < -0.3 is 19.7 Å².